The molecule has 0 radical (unpaired) electrons. The zero-order valence-corrected chi connectivity index (χ0v) is 18.8. The smallest absolute Gasteiger partial charge is 0.219 e. The molecule has 1 aromatic heterocycles. The standard InChI is InChI=1S/C26H36N2O3/c1-2-30-25-18-22(11-7-17-27-16-6-5-10-21-8-3-4-9-21)12-14-24(25)31-26-15-13-23(20-29)19-28-26/h12-15,18-21,27H,2-11,16-17H2,1H3. The SMILES string of the molecule is CCOc1cc(CCCNCCCCC2CCCC2)ccc1Oc1ccc(C=O)cn1. The average Bonchev–Trinajstić information content (AvgIpc) is 3.31. The van der Waals surface area contributed by atoms with E-state index in [1.54, 1.807) is 12.1 Å². The van der Waals surface area contributed by atoms with Crippen LogP contribution in [0.4, 0.5) is 0 Å². The molecule has 168 valence electrons. The lowest BCUT2D eigenvalue weighted by Gasteiger charge is -2.13. The van der Waals surface area contributed by atoms with Crippen LogP contribution in [0.3, 0.4) is 0 Å². The third kappa shape index (κ3) is 7.98. The second kappa shape index (κ2) is 13.1. The van der Waals surface area contributed by atoms with Crippen LogP contribution >= 0.6 is 0 Å². The molecule has 1 saturated carbocycles. The Morgan fingerprint density at radius 3 is 2.65 bits per heavy atom. The van der Waals surface area contributed by atoms with E-state index < -0.39 is 0 Å². The number of hydrogen-bond donors (Lipinski definition) is 1. The highest BCUT2D eigenvalue weighted by atomic mass is 16.5. The van der Waals surface area contributed by atoms with Gasteiger partial charge in [0, 0.05) is 17.8 Å². The number of aldehydes is 1. The first-order chi connectivity index (χ1) is 15.3. The third-order valence-corrected chi connectivity index (χ3v) is 5.93. The summed E-state index contributed by atoms with van der Waals surface area (Å²) in [7, 11) is 0. The number of nitrogens with one attached hydrogen (secondary N) is 1. The van der Waals surface area contributed by atoms with Crippen LogP contribution in [0.2, 0.25) is 0 Å². The number of carbonyl (C=O) groups excluding carboxylic acids is 1. The molecule has 0 aliphatic heterocycles. The summed E-state index contributed by atoms with van der Waals surface area (Å²) >= 11 is 0. The van der Waals surface area contributed by atoms with E-state index in [0.717, 1.165) is 43.9 Å². The number of benzene rings is 1. The molecule has 5 nitrogen and oxygen atoms in total. The van der Waals surface area contributed by atoms with Gasteiger partial charge >= 0.3 is 0 Å². The number of aromatic nitrogens is 1. The van der Waals surface area contributed by atoms with Crippen molar-refractivity contribution in [2.24, 2.45) is 5.92 Å². The minimum Gasteiger partial charge on any atom is -0.490 e. The summed E-state index contributed by atoms with van der Waals surface area (Å²) in [6.07, 6.45) is 14.3. The summed E-state index contributed by atoms with van der Waals surface area (Å²) in [4.78, 5) is 14.9. The van der Waals surface area contributed by atoms with Gasteiger partial charge in [-0.25, -0.2) is 4.98 Å². The molecule has 0 amide bonds. The molecule has 1 N–H and O–H groups in total. The molecule has 0 bridgehead atoms. The summed E-state index contributed by atoms with van der Waals surface area (Å²) < 4.78 is 11.7. The van der Waals surface area contributed by atoms with Gasteiger partial charge in [-0.15, -0.1) is 0 Å². The van der Waals surface area contributed by atoms with E-state index in [1.807, 2.05) is 13.0 Å². The van der Waals surface area contributed by atoms with Crippen molar-refractivity contribution >= 4 is 6.29 Å². The van der Waals surface area contributed by atoms with Crippen LogP contribution in [-0.4, -0.2) is 31.0 Å². The maximum Gasteiger partial charge on any atom is 0.219 e. The van der Waals surface area contributed by atoms with Gasteiger partial charge in [-0.2, -0.15) is 0 Å². The van der Waals surface area contributed by atoms with Crippen molar-refractivity contribution < 1.29 is 14.3 Å². The first kappa shape index (κ1) is 23.3. The third-order valence-electron chi connectivity index (χ3n) is 5.93. The molecule has 0 saturated heterocycles. The number of ether oxygens (including phenoxy) is 2. The number of nitrogens with zero attached hydrogens (tertiary/aromatic N) is 1. The van der Waals surface area contributed by atoms with E-state index in [1.165, 1.54) is 56.7 Å². The Labute approximate surface area is 186 Å². The first-order valence-electron chi connectivity index (χ1n) is 11.8. The molecule has 0 spiro atoms. The van der Waals surface area contributed by atoms with Gasteiger partial charge in [0.1, 0.15) is 0 Å². The molecular weight excluding hydrogens is 388 g/mol. The van der Waals surface area contributed by atoms with Gasteiger partial charge in [-0.3, -0.25) is 4.79 Å². The molecule has 0 atom stereocenters. The molecule has 1 aliphatic carbocycles. The van der Waals surface area contributed by atoms with Crippen molar-refractivity contribution in [3.63, 3.8) is 0 Å². The molecule has 1 aliphatic rings. The van der Waals surface area contributed by atoms with Crippen molar-refractivity contribution in [3.8, 4) is 17.4 Å². The Morgan fingerprint density at radius 1 is 1.06 bits per heavy atom. The van der Waals surface area contributed by atoms with Crippen molar-refractivity contribution in [2.45, 2.75) is 64.7 Å². The monoisotopic (exact) mass is 424 g/mol. The van der Waals surface area contributed by atoms with Crippen molar-refractivity contribution in [3.05, 3.63) is 47.7 Å². The van der Waals surface area contributed by atoms with Crippen LogP contribution in [0, 0.1) is 5.92 Å². The van der Waals surface area contributed by atoms with E-state index in [2.05, 4.69) is 22.4 Å². The Hall–Kier alpha value is -2.40. The fourth-order valence-corrected chi connectivity index (χ4v) is 4.22. The maximum absolute atomic E-state index is 10.8. The van der Waals surface area contributed by atoms with Crippen LogP contribution in [0.5, 0.6) is 17.4 Å². The molecule has 3 rings (SSSR count). The van der Waals surface area contributed by atoms with E-state index in [0.29, 0.717) is 23.8 Å². The van der Waals surface area contributed by atoms with Gasteiger partial charge < -0.3 is 14.8 Å². The summed E-state index contributed by atoms with van der Waals surface area (Å²) in [5, 5.41) is 3.59. The quantitative estimate of drug-likeness (QED) is 0.299. The lowest BCUT2D eigenvalue weighted by molar-refractivity contribution is 0.112. The topological polar surface area (TPSA) is 60.5 Å². The minimum absolute atomic E-state index is 0.441. The van der Waals surface area contributed by atoms with Crippen LogP contribution in [0.25, 0.3) is 0 Å². The average molecular weight is 425 g/mol. The molecule has 1 aromatic carbocycles. The highest BCUT2D eigenvalue weighted by Crippen LogP contribution is 2.32. The number of hydrogen-bond acceptors (Lipinski definition) is 5. The molecule has 0 unspecified atom stereocenters. The lowest BCUT2D eigenvalue weighted by atomic mass is 10.0. The molecular formula is C26H36N2O3. The van der Waals surface area contributed by atoms with Crippen molar-refractivity contribution in [2.75, 3.05) is 19.7 Å². The zero-order chi connectivity index (χ0) is 21.7. The number of aryl methyl sites for hydroxylation is 1. The van der Waals surface area contributed by atoms with Gasteiger partial charge in [-0.1, -0.05) is 44.6 Å². The van der Waals surface area contributed by atoms with Gasteiger partial charge in [0.15, 0.2) is 17.8 Å². The fraction of sp³-hybridized carbons (Fsp3) is 0.538. The summed E-state index contributed by atoms with van der Waals surface area (Å²) in [5.74, 6) is 2.81. The van der Waals surface area contributed by atoms with Gasteiger partial charge in [-0.05, 0) is 69.0 Å². The Morgan fingerprint density at radius 2 is 1.90 bits per heavy atom. The molecule has 31 heavy (non-hydrogen) atoms. The van der Waals surface area contributed by atoms with Gasteiger partial charge in [0.2, 0.25) is 5.88 Å². The summed E-state index contributed by atoms with van der Waals surface area (Å²) in [6.45, 7) is 4.70. The highest BCUT2D eigenvalue weighted by Gasteiger charge is 2.13. The number of carbonyl (C=O) groups is 1. The van der Waals surface area contributed by atoms with E-state index in [-0.39, 0.29) is 0 Å². The second-order valence-electron chi connectivity index (χ2n) is 8.36. The largest absolute Gasteiger partial charge is 0.490 e. The second-order valence-corrected chi connectivity index (χ2v) is 8.36. The fourth-order valence-electron chi connectivity index (χ4n) is 4.22. The zero-order valence-electron chi connectivity index (χ0n) is 18.8. The van der Waals surface area contributed by atoms with Crippen molar-refractivity contribution in [1.29, 1.82) is 0 Å². The number of pyridine rings is 1. The first-order valence-corrected chi connectivity index (χ1v) is 11.8. The highest BCUT2D eigenvalue weighted by molar-refractivity contribution is 5.74. The molecule has 1 fully saturated rings. The van der Waals surface area contributed by atoms with Crippen LogP contribution in [0.1, 0.15) is 74.2 Å². The predicted octanol–water partition coefficient (Wildman–Crippen LogP) is 5.97. The normalized spacial score (nSPS) is 14.0. The van der Waals surface area contributed by atoms with E-state index in [4.69, 9.17) is 9.47 Å². The van der Waals surface area contributed by atoms with Crippen LogP contribution in [-0.2, 0) is 6.42 Å². The van der Waals surface area contributed by atoms with Crippen molar-refractivity contribution in [1.82, 2.24) is 10.3 Å². The molecule has 5 heteroatoms. The van der Waals surface area contributed by atoms with Gasteiger partial charge in [0.05, 0.1) is 6.61 Å². The summed E-state index contributed by atoms with van der Waals surface area (Å²) in [5.41, 5.74) is 1.76. The van der Waals surface area contributed by atoms with Crippen LogP contribution in [0.15, 0.2) is 36.5 Å². The Bertz CT molecular complexity index is 786. The lowest BCUT2D eigenvalue weighted by Crippen LogP contribution is -2.17. The summed E-state index contributed by atoms with van der Waals surface area (Å²) in [6, 6.07) is 9.45. The molecule has 2 aromatic rings. The van der Waals surface area contributed by atoms with Gasteiger partial charge in [0.25, 0.3) is 0 Å². The maximum atomic E-state index is 10.8. The van der Waals surface area contributed by atoms with Crippen LogP contribution < -0.4 is 14.8 Å². The van der Waals surface area contributed by atoms with E-state index >= 15 is 0 Å². The Balaban J connectivity index is 1.39. The number of unbranched alkanes of at least 4 members (excludes halogenated alkanes) is 1. The predicted molar refractivity (Wildman–Crippen MR) is 124 cm³/mol. The number of rotatable bonds is 14. The molecule has 1 heterocycles. The Kier molecular flexibility index (Phi) is 9.84. The minimum atomic E-state index is 0.441. The van der Waals surface area contributed by atoms with E-state index in [9.17, 15) is 4.79 Å².